The van der Waals surface area contributed by atoms with Crippen LogP contribution in [-0.2, 0) is 33.3 Å². The van der Waals surface area contributed by atoms with E-state index in [1.165, 1.54) is 13.2 Å². The van der Waals surface area contributed by atoms with Gasteiger partial charge < -0.3 is 24.1 Å². The Morgan fingerprint density at radius 2 is 1.97 bits per heavy atom. The number of ketones is 1. The second kappa shape index (κ2) is 7.14. The minimum absolute atomic E-state index is 0.00761. The largest absolute Gasteiger partial charge is 0.469 e. The Kier molecular flexibility index (Phi) is 4.72. The Morgan fingerprint density at radius 1 is 1.23 bits per heavy atom. The fraction of sp³-hybridized carbons (Fsp3) is 0.667. The summed E-state index contributed by atoms with van der Waals surface area (Å²) in [6, 6.07) is 0. The summed E-state index contributed by atoms with van der Waals surface area (Å²) in [7, 11) is 1.37. The maximum Gasteiger partial charge on any atom is 0.333 e. The maximum atomic E-state index is 13.7. The first kappa shape index (κ1) is 23.1. The quantitative estimate of drug-likeness (QED) is 0.480. The molecule has 0 aromatic rings. The Morgan fingerprint density at radius 3 is 2.63 bits per heavy atom. The lowest BCUT2D eigenvalue weighted by Crippen LogP contribution is -2.66. The van der Waals surface area contributed by atoms with E-state index < -0.39 is 23.1 Å². The Labute approximate surface area is 204 Å². The lowest BCUT2D eigenvalue weighted by Gasteiger charge is -2.60. The third-order valence-electron chi connectivity index (χ3n) is 10.2. The number of hydrogen-bond donors (Lipinski definition) is 1. The van der Waals surface area contributed by atoms with Crippen LogP contribution >= 0.6 is 0 Å². The summed E-state index contributed by atoms with van der Waals surface area (Å²) >= 11 is 0. The van der Waals surface area contributed by atoms with E-state index in [0.717, 1.165) is 11.1 Å². The topological polar surface area (TPSA) is 108 Å². The highest BCUT2D eigenvalue weighted by atomic mass is 16.6. The van der Waals surface area contributed by atoms with Gasteiger partial charge in [-0.2, -0.15) is 0 Å². The predicted octanol–water partition coefficient (Wildman–Crippen LogP) is 2.26. The van der Waals surface area contributed by atoms with Gasteiger partial charge in [0.25, 0.3) is 0 Å². The average Bonchev–Trinajstić information content (AvgIpc) is 3.51. The summed E-state index contributed by atoms with van der Waals surface area (Å²) in [4.78, 5) is 38.3. The molecule has 0 bridgehead atoms. The molecule has 8 nitrogen and oxygen atoms in total. The van der Waals surface area contributed by atoms with Crippen molar-refractivity contribution in [3.05, 3.63) is 34.9 Å². The van der Waals surface area contributed by atoms with Crippen LogP contribution in [0.3, 0.4) is 0 Å². The van der Waals surface area contributed by atoms with Gasteiger partial charge in [-0.25, -0.2) is 4.79 Å². The van der Waals surface area contributed by atoms with Gasteiger partial charge in [-0.15, -0.1) is 0 Å². The van der Waals surface area contributed by atoms with E-state index in [4.69, 9.17) is 18.9 Å². The van der Waals surface area contributed by atoms with Crippen LogP contribution in [0.15, 0.2) is 34.9 Å². The summed E-state index contributed by atoms with van der Waals surface area (Å²) in [6.07, 6.45) is 3.51. The molecule has 188 valence electrons. The van der Waals surface area contributed by atoms with Crippen LogP contribution in [0.25, 0.3) is 0 Å². The first-order valence-corrected chi connectivity index (χ1v) is 12.4. The van der Waals surface area contributed by atoms with Crippen molar-refractivity contribution in [3.63, 3.8) is 0 Å². The fourth-order valence-electron chi connectivity index (χ4n) is 8.76. The van der Waals surface area contributed by atoms with Crippen molar-refractivity contribution in [2.75, 3.05) is 13.7 Å². The van der Waals surface area contributed by atoms with E-state index in [0.29, 0.717) is 18.6 Å². The summed E-state index contributed by atoms with van der Waals surface area (Å²) in [5, 5.41) is 10.3. The van der Waals surface area contributed by atoms with Gasteiger partial charge in [0.1, 0.15) is 0 Å². The second-order valence-electron chi connectivity index (χ2n) is 11.7. The van der Waals surface area contributed by atoms with Crippen molar-refractivity contribution in [2.24, 2.45) is 34.0 Å². The van der Waals surface area contributed by atoms with Crippen molar-refractivity contribution in [1.82, 2.24) is 0 Å². The zero-order valence-electron chi connectivity index (χ0n) is 20.7. The number of esters is 2. The third kappa shape index (κ3) is 2.71. The smallest absolute Gasteiger partial charge is 0.333 e. The molecule has 3 aliphatic carbocycles. The molecule has 10 atom stereocenters. The van der Waals surface area contributed by atoms with Crippen LogP contribution in [-0.4, -0.2) is 61.1 Å². The van der Waals surface area contributed by atoms with Crippen LogP contribution in [0.4, 0.5) is 0 Å². The van der Waals surface area contributed by atoms with Gasteiger partial charge in [0, 0.05) is 39.7 Å². The lowest BCUT2D eigenvalue weighted by atomic mass is 9.42. The SMILES string of the molecule is COC(=O)C[C@H]1[C@]2(C)C3=C(C)[C@H](C4=CC(=O)O[C@H]4O)C[C@H]3O[C@@H]2[C@@H]2OC[C@]3(C)C=CC(=O)[C@@]1(C)[C@@H]23. The van der Waals surface area contributed by atoms with Gasteiger partial charge in [-0.1, -0.05) is 32.4 Å². The number of fused-ring (bicyclic) bond motifs is 4. The van der Waals surface area contributed by atoms with Gasteiger partial charge in [0.05, 0.1) is 38.4 Å². The van der Waals surface area contributed by atoms with Crippen molar-refractivity contribution < 1.29 is 38.4 Å². The molecule has 1 saturated carbocycles. The summed E-state index contributed by atoms with van der Waals surface area (Å²) in [5.74, 6) is -1.62. The number of cyclic esters (lactones) is 1. The summed E-state index contributed by atoms with van der Waals surface area (Å²) in [6.45, 7) is 8.70. The van der Waals surface area contributed by atoms with Gasteiger partial charge in [0.2, 0.25) is 6.29 Å². The number of allylic oxidation sites excluding steroid dienone is 2. The standard InChI is InChI=1S/C27H32O8/c1-12-13(14-9-19(30)35-24(14)31)8-15-20(12)27(4)16(10-18(29)32-5)26(3)17(28)6-7-25(2)11-33-21(22(25)26)23(27)34-15/h6-7,9,13,15-16,21-24,31H,8,10-11H2,1-5H3/t13-,15-,16-,21-,22+,23-,24-,25+,26+,27-/m1/s1. The molecular formula is C27H32O8. The molecule has 2 saturated heterocycles. The average molecular weight is 485 g/mol. The minimum Gasteiger partial charge on any atom is -0.469 e. The molecule has 6 rings (SSSR count). The molecule has 0 aromatic heterocycles. The fourth-order valence-corrected chi connectivity index (χ4v) is 8.76. The van der Waals surface area contributed by atoms with Gasteiger partial charge >= 0.3 is 11.9 Å². The number of rotatable bonds is 3. The molecule has 3 heterocycles. The number of aliphatic hydroxyl groups excluding tert-OH is 1. The number of aliphatic hydroxyl groups is 1. The number of carbonyl (C=O) groups is 3. The van der Waals surface area contributed by atoms with Crippen molar-refractivity contribution in [2.45, 2.75) is 65.1 Å². The molecule has 35 heavy (non-hydrogen) atoms. The van der Waals surface area contributed by atoms with Crippen molar-refractivity contribution in [1.29, 1.82) is 0 Å². The normalized spacial score (nSPS) is 49.5. The molecule has 0 aromatic carbocycles. The zero-order valence-corrected chi connectivity index (χ0v) is 20.7. The van der Waals surface area contributed by atoms with Crippen LogP contribution in [0.5, 0.6) is 0 Å². The lowest BCUT2D eigenvalue weighted by molar-refractivity contribution is -0.188. The Hall–Kier alpha value is -2.29. The summed E-state index contributed by atoms with van der Waals surface area (Å²) < 4.78 is 23.3. The molecule has 8 heteroatoms. The number of carbonyl (C=O) groups excluding carboxylic acids is 3. The van der Waals surface area contributed by atoms with E-state index in [-0.39, 0.29) is 59.7 Å². The minimum atomic E-state index is -1.27. The first-order chi connectivity index (χ1) is 16.5. The van der Waals surface area contributed by atoms with E-state index >= 15 is 0 Å². The number of hydrogen-bond acceptors (Lipinski definition) is 8. The molecule has 0 spiro atoms. The summed E-state index contributed by atoms with van der Waals surface area (Å²) in [5.41, 5.74) is 0.734. The molecule has 3 aliphatic heterocycles. The number of ether oxygens (including phenoxy) is 4. The van der Waals surface area contributed by atoms with E-state index in [1.807, 2.05) is 19.9 Å². The van der Waals surface area contributed by atoms with E-state index in [1.54, 1.807) is 6.08 Å². The molecular weight excluding hydrogens is 452 g/mol. The first-order valence-electron chi connectivity index (χ1n) is 12.4. The van der Waals surface area contributed by atoms with Crippen LogP contribution in [0, 0.1) is 34.0 Å². The molecule has 3 fully saturated rings. The maximum absolute atomic E-state index is 13.7. The van der Waals surface area contributed by atoms with Crippen LogP contribution < -0.4 is 0 Å². The van der Waals surface area contributed by atoms with Gasteiger partial charge in [-0.05, 0) is 30.9 Å². The van der Waals surface area contributed by atoms with E-state index in [9.17, 15) is 19.5 Å². The zero-order chi connectivity index (χ0) is 25.1. The van der Waals surface area contributed by atoms with Gasteiger partial charge in [-0.3, -0.25) is 9.59 Å². The van der Waals surface area contributed by atoms with Gasteiger partial charge in [0.15, 0.2) is 5.78 Å². The van der Waals surface area contributed by atoms with Crippen LogP contribution in [0.2, 0.25) is 0 Å². The van der Waals surface area contributed by atoms with E-state index in [2.05, 4.69) is 13.8 Å². The highest BCUT2D eigenvalue weighted by Crippen LogP contribution is 2.71. The van der Waals surface area contributed by atoms with Crippen LogP contribution in [0.1, 0.15) is 40.5 Å². The molecule has 6 aliphatic rings. The third-order valence-corrected chi connectivity index (χ3v) is 10.2. The highest BCUT2D eigenvalue weighted by molar-refractivity contribution is 5.97. The molecule has 0 unspecified atom stereocenters. The molecule has 0 amide bonds. The number of methoxy groups -OCH3 is 1. The van der Waals surface area contributed by atoms with Crippen molar-refractivity contribution in [3.8, 4) is 0 Å². The second-order valence-corrected chi connectivity index (χ2v) is 11.7. The molecule has 1 N–H and O–H groups in total. The predicted molar refractivity (Wildman–Crippen MR) is 121 cm³/mol. The Balaban J connectivity index is 1.53. The van der Waals surface area contributed by atoms with Crippen molar-refractivity contribution >= 4 is 17.7 Å². The monoisotopic (exact) mass is 484 g/mol. The highest BCUT2D eigenvalue weighted by Gasteiger charge is 2.75. The Bertz CT molecular complexity index is 1130. The molecule has 0 radical (unpaired) electrons.